The Labute approximate surface area is 71.1 Å². The normalized spacial score (nSPS) is 12.5. The fourth-order valence-electron chi connectivity index (χ4n) is 0.901. The van der Waals surface area contributed by atoms with Crippen molar-refractivity contribution in [2.24, 2.45) is 0 Å². The molecule has 3 nitrogen and oxygen atoms in total. The van der Waals surface area contributed by atoms with Crippen LogP contribution >= 0.6 is 0 Å². The van der Waals surface area contributed by atoms with Gasteiger partial charge in [-0.1, -0.05) is 6.07 Å². The number of Topliss-reactive ketones (excluding diaryl/α,β-unsaturated/α-hetero) is 1. The first-order chi connectivity index (χ1) is 5.70. The highest BCUT2D eigenvalue weighted by atomic mass is 16.3. The van der Waals surface area contributed by atoms with E-state index in [2.05, 4.69) is 4.98 Å². The molecule has 1 aromatic rings. The van der Waals surface area contributed by atoms with E-state index in [9.17, 15) is 4.79 Å². The van der Waals surface area contributed by atoms with E-state index in [0.29, 0.717) is 5.69 Å². The highest BCUT2D eigenvalue weighted by molar-refractivity contribution is 5.94. The third-order valence-electron chi connectivity index (χ3n) is 1.43. The van der Waals surface area contributed by atoms with Crippen LogP contribution in [0.4, 0.5) is 0 Å². The molecule has 0 saturated carbocycles. The number of hydrogen-bond acceptors (Lipinski definition) is 3. The van der Waals surface area contributed by atoms with Crippen molar-refractivity contribution < 1.29 is 9.90 Å². The zero-order valence-corrected chi connectivity index (χ0v) is 6.90. The summed E-state index contributed by atoms with van der Waals surface area (Å²) in [7, 11) is 0. The van der Waals surface area contributed by atoms with Gasteiger partial charge >= 0.3 is 0 Å². The van der Waals surface area contributed by atoms with Crippen LogP contribution in [0.3, 0.4) is 0 Å². The van der Waals surface area contributed by atoms with E-state index in [1.807, 2.05) is 0 Å². The summed E-state index contributed by atoms with van der Waals surface area (Å²) < 4.78 is 0. The number of carbonyl (C=O) groups is 1. The summed E-state index contributed by atoms with van der Waals surface area (Å²) in [4.78, 5) is 15.1. The largest absolute Gasteiger partial charge is 0.393 e. The van der Waals surface area contributed by atoms with Gasteiger partial charge in [0.25, 0.3) is 0 Å². The van der Waals surface area contributed by atoms with Crippen LogP contribution in [0.2, 0.25) is 0 Å². The summed E-state index contributed by atoms with van der Waals surface area (Å²) in [5.41, 5.74) is 0.415. The molecular weight excluding hydrogens is 154 g/mol. The number of aromatic nitrogens is 1. The van der Waals surface area contributed by atoms with E-state index in [-0.39, 0.29) is 12.2 Å². The molecule has 1 rings (SSSR count). The summed E-state index contributed by atoms with van der Waals surface area (Å²) >= 11 is 0. The van der Waals surface area contributed by atoms with Gasteiger partial charge < -0.3 is 5.11 Å². The van der Waals surface area contributed by atoms with Crippen LogP contribution < -0.4 is 0 Å². The summed E-state index contributed by atoms with van der Waals surface area (Å²) in [6, 6.07) is 5.14. The quantitative estimate of drug-likeness (QED) is 0.681. The SMILES string of the molecule is CC(O)CC(=O)c1ccccn1. The molecule has 0 bridgehead atoms. The third-order valence-corrected chi connectivity index (χ3v) is 1.43. The second kappa shape index (κ2) is 3.97. The second-order valence-electron chi connectivity index (χ2n) is 2.69. The Bertz CT molecular complexity index is 256. The topological polar surface area (TPSA) is 50.2 Å². The van der Waals surface area contributed by atoms with Crippen LogP contribution in [0.15, 0.2) is 24.4 Å². The van der Waals surface area contributed by atoms with Crippen molar-refractivity contribution in [3.63, 3.8) is 0 Å². The monoisotopic (exact) mass is 165 g/mol. The fraction of sp³-hybridized carbons (Fsp3) is 0.333. The summed E-state index contributed by atoms with van der Waals surface area (Å²) in [5, 5.41) is 8.94. The van der Waals surface area contributed by atoms with Gasteiger partial charge in [0.1, 0.15) is 5.69 Å². The first kappa shape index (κ1) is 8.87. The highest BCUT2D eigenvalue weighted by Gasteiger charge is 2.08. The van der Waals surface area contributed by atoms with Crippen molar-refractivity contribution in [2.45, 2.75) is 19.4 Å². The Kier molecular flexibility index (Phi) is 2.94. The smallest absolute Gasteiger partial charge is 0.183 e. The molecule has 0 aliphatic heterocycles. The Morgan fingerprint density at radius 3 is 2.92 bits per heavy atom. The molecule has 0 spiro atoms. The van der Waals surface area contributed by atoms with Gasteiger partial charge in [-0.15, -0.1) is 0 Å². The molecule has 0 fully saturated rings. The molecule has 0 aliphatic carbocycles. The van der Waals surface area contributed by atoms with Crippen LogP contribution in [0.25, 0.3) is 0 Å². The van der Waals surface area contributed by atoms with Gasteiger partial charge in [-0.25, -0.2) is 0 Å². The van der Waals surface area contributed by atoms with E-state index < -0.39 is 6.10 Å². The molecule has 0 aliphatic rings. The molecule has 0 amide bonds. The minimum Gasteiger partial charge on any atom is -0.393 e. The minimum absolute atomic E-state index is 0.120. The van der Waals surface area contributed by atoms with Crippen LogP contribution in [-0.2, 0) is 0 Å². The lowest BCUT2D eigenvalue weighted by molar-refractivity contribution is 0.0896. The number of aliphatic hydroxyl groups is 1. The fourth-order valence-corrected chi connectivity index (χ4v) is 0.901. The summed E-state index contributed by atoms with van der Waals surface area (Å²) in [6.07, 6.45) is 1.10. The zero-order chi connectivity index (χ0) is 8.97. The maximum atomic E-state index is 11.2. The van der Waals surface area contributed by atoms with Gasteiger partial charge in [-0.3, -0.25) is 9.78 Å². The average molecular weight is 165 g/mol. The molecule has 1 N–H and O–H groups in total. The molecule has 3 heteroatoms. The van der Waals surface area contributed by atoms with Crippen molar-refractivity contribution in [1.29, 1.82) is 0 Å². The summed E-state index contributed by atoms with van der Waals surface area (Å²) in [5.74, 6) is -0.120. The lowest BCUT2D eigenvalue weighted by Gasteiger charge is -2.01. The van der Waals surface area contributed by atoms with Crippen LogP contribution in [0.5, 0.6) is 0 Å². The first-order valence-electron chi connectivity index (χ1n) is 3.82. The average Bonchev–Trinajstić information content (AvgIpc) is 2.05. The molecule has 1 unspecified atom stereocenters. The molecular formula is C9H11NO2. The van der Waals surface area contributed by atoms with E-state index >= 15 is 0 Å². The molecule has 0 radical (unpaired) electrons. The number of pyridine rings is 1. The Morgan fingerprint density at radius 1 is 1.67 bits per heavy atom. The van der Waals surface area contributed by atoms with Gasteiger partial charge in [0.2, 0.25) is 0 Å². The molecule has 12 heavy (non-hydrogen) atoms. The van der Waals surface area contributed by atoms with Crippen molar-refractivity contribution in [1.82, 2.24) is 4.98 Å². The van der Waals surface area contributed by atoms with Crippen molar-refractivity contribution >= 4 is 5.78 Å². The minimum atomic E-state index is -0.598. The molecule has 1 aromatic heterocycles. The number of nitrogens with zero attached hydrogens (tertiary/aromatic N) is 1. The highest BCUT2D eigenvalue weighted by Crippen LogP contribution is 2.01. The van der Waals surface area contributed by atoms with Gasteiger partial charge in [-0.2, -0.15) is 0 Å². The maximum absolute atomic E-state index is 11.2. The van der Waals surface area contributed by atoms with Gasteiger partial charge in [0, 0.05) is 12.6 Å². The van der Waals surface area contributed by atoms with Crippen molar-refractivity contribution in [3.05, 3.63) is 30.1 Å². The Hall–Kier alpha value is -1.22. The number of hydrogen-bond donors (Lipinski definition) is 1. The van der Waals surface area contributed by atoms with Crippen molar-refractivity contribution in [3.8, 4) is 0 Å². The van der Waals surface area contributed by atoms with E-state index in [0.717, 1.165) is 0 Å². The van der Waals surface area contributed by atoms with E-state index in [1.165, 1.54) is 0 Å². The van der Waals surface area contributed by atoms with Gasteiger partial charge in [0.05, 0.1) is 6.10 Å². The Balaban J connectivity index is 2.66. The predicted octanol–water partition coefficient (Wildman–Crippen LogP) is 1.04. The maximum Gasteiger partial charge on any atom is 0.183 e. The second-order valence-corrected chi connectivity index (χ2v) is 2.69. The lowest BCUT2D eigenvalue weighted by atomic mass is 10.1. The van der Waals surface area contributed by atoms with Crippen LogP contribution in [0, 0.1) is 0 Å². The van der Waals surface area contributed by atoms with Gasteiger partial charge in [0.15, 0.2) is 5.78 Å². The molecule has 1 atom stereocenters. The standard InChI is InChI=1S/C9H11NO2/c1-7(11)6-9(12)8-4-2-3-5-10-8/h2-5,7,11H,6H2,1H3. The number of carbonyl (C=O) groups excluding carboxylic acids is 1. The van der Waals surface area contributed by atoms with E-state index in [4.69, 9.17) is 5.11 Å². The van der Waals surface area contributed by atoms with Crippen LogP contribution in [-0.4, -0.2) is 22.0 Å². The first-order valence-corrected chi connectivity index (χ1v) is 3.82. The number of ketones is 1. The summed E-state index contributed by atoms with van der Waals surface area (Å²) in [6.45, 7) is 1.58. The molecule has 64 valence electrons. The van der Waals surface area contributed by atoms with E-state index in [1.54, 1.807) is 31.3 Å². The molecule has 0 saturated heterocycles. The Morgan fingerprint density at radius 2 is 2.42 bits per heavy atom. The zero-order valence-electron chi connectivity index (χ0n) is 6.90. The lowest BCUT2D eigenvalue weighted by Crippen LogP contribution is -2.10. The molecule has 0 aromatic carbocycles. The number of rotatable bonds is 3. The van der Waals surface area contributed by atoms with Crippen LogP contribution in [0.1, 0.15) is 23.8 Å². The third kappa shape index (κ3) is 2.43. The van der Waals surface area contributed by atoms with Gasteiger partial charge in [-0.05, 0) is 19.1 Å². The predicted molar refractivity (Wildman–Crippen MR) is 44.9 cm³/mol. The van der Waals surface area contributed by atoms with Crippen molar-refractivity contribution in [2.75, 3.05) is 0 Å². The number of aliphatic hydroxyl groups excluding tert-OH is 1. The molecule has 1 heterocycles.